The topological polar surface area (TPSA) is 71.4 Å². The highest BCUT2D eigenvalue weighted by atomic mass is 16.7. The minimum Gasteiger partial charge on any atom is -0.454 e. The van der Waals surface area contributed by atoms with Gasteiger partial charge in [-0.2, -0.15) is 5.26 Å². The number of benzene rings is 2. The molecule has 0 unspecified atom stereocenters. The van der Waals surface area contributed by atoms with Gasteiger partial charge in [0.1, 0.15) is 11.6 Å². The molecule has 1 amide bonds. The first-order chi connectivity index (χ1) is 12.3. The lowest BCUT2D eigenvalue weighted by atomic mass is 10.1. The van der Waals surface area contributed by atoms with E-state index in [0.717, 1.165) is 11.1 Å². The predicted octanol–water partition coefficient (Wildman–Crippen LogP) is 3.19. The number of amides is 1. The smallest absolute Gasteiger partial charge is 0.262 e. The molecule has 5 heteroatoms. The Bertz CT molecular complexity index is 864. The highest BCUT2D eigenvalue weighted by Gasteiger charge is 2.14. The maximum absolute atomic E-state index is 12.1. The molecule has 0 saturated heterocycles. The number of allylic oxidation sites excluding steroid dienone is 2. The number of ether oxygens (including phenoxy) is 2. The lowest BCUT2D eigenvalue weighted by Crippen LogP contribution is -2.23. The highest BCUT2D eigenvalue weighted by molar-refractivity contribution is 5.97. The summed E-state index contributed by atoms with van der Waals surface area (Å²) in [4.78, 5) is 12.1. The predicted molar refractivity (Wildman–Crippen MR) is 93.6 cm³/mol. The number of nitrogens with one attached hydrogen (secondary N) is 1. The molecule has 0 atom stereocenters. The third kappa shape index (κ3) is 4.27. The van der Waals surface area contributed by atoms with E-state index < -0.39 is 5.91 Å². The molecule has 1 N–H and O–H groups in total. The minimum absolute atomic E-state index is 0.0490. The summed E-state index contributed by atoms with van der Waals surface area (Å²) in [6.45, 7) is 0.511. The molecule has 1 aliphatic rings. The Morgan fingerprint density at radius 3 is 2.76 bits per heavy atom. The Labute approximate surface area is 145 Å². The van der Waals surface area contributed by atoms with Gasteiger partial charge in [0.05, 0.1) is 0 Å². The number of carbonyl (C=O) groups excluding carboxylic acids is 1. The van der Waals surface area contributed by atoms with Crippen molar-refractivity contribution in [2.45, 2.75) is 6.54 Å². The van der Waals surface area contributed by atoms with Crippen LogP contribution in [0.5, 0.6) is 11.5 Å². The van der Waals surface area contributed by atoms with Gasteiger partial charge in [-0.1, -0.05) is 48.6 Å². The van der Waals surface area contributed by atoms with Crippen LogP contribution in [0, 0.1) is 11.3 Å². The van der Waals surface area contributed by atoms with Crippen LogP contribution in [-0.4, -0.2) is 12.7 Å². The molecule has 1 heterocycles. The molecular weight excluding hydrogens is 316 g/mol. The molecule has 1 aliphatic heterocycles. The van der Waals surface area contributed by atoms with Gasteiger partial charge in [-0.3, -0.25) is 4.79 Å². The lowest BCUT2D eigenvalue weighted by molar-refractivity contribution is -0.117. The summed E-state index contributed by atoms with van der Waals surface area (Å²) in [6.07, 6.45) is 5.03. The standard InChI is InChI=1S/C20H16N2O3/c21-12-17(8-4-7-15-5-2-1-3-6-15)20(23)22-13-16-9-10-18-19(11-16)25-14-24-18/h1-11H,13-14H2,(H,22,23)/b7-4+,17-8+. The summed E-state index contributed by atoms with van der Waals surface area (Å²) in [5.74, 6) is 0.935. The van der Waals surface area contributed by atoms with E-state index in [1.807, 2.05) is 54.6 Å². The third-order valence-electron chi connectivity index (χ3n) is 3.61. The van der Waals surface area contributed by atoms with Crippen molar-refractivity contribution in [3.63, 3.8) is 0 Å². The van der Waals surface area contributed by atoms with Crippen molar-refractivity contribution in [2.24, 2.45) is 0 Å². The average Bonchev–Trinajstić information content (AvgIpc) is 3.12. The van der Waals surface area contributed by atoms with Crippen molar-refractivity contribution in [3.05, 3.63) is 77.4 Å². The molecule has 25 heavy (non-hydrogen) atoms. The van der Waals surface area contributed by atoms with E-state index in [9.17, 15) is 4.79 Å². The van der Waals surface area contributed by atoms with Gasteiger partial charge in [-0.15, -0.1) is 0 Å². The monoisotopic (exact) mass is 332 g/mol. The Hall–Kier alpha value is -3.52. The van der Waals surface area contributed by atoms with E-state index in [0.29, 0.717) is 18.0 Å². The fraction of sp³-hybridized carbons (Fsp3) is 0.100. The van der Waals surface area contributed by atoms with Crippen molar-refractivity contribution < 1.29 is 14.3 Å². The van der Waals surface area contributed by atoms with E-state index in [2.05, 4.69) is 5.32 Å². The van der Waals surface area contributed by atoms with Crippen LogP contribution in [0.4, 0.5) is 0 Å². The molecule has 124 valence electrons. The SMILES string of the molecule is N#C/C(=C\C=C\c1ccccc1)C(=O)NCc1ccc2c(c1)OCO2. The Balaban J connectivity index is 1.60. The summed E-state index contributed by atoms with van der Waals surface area (Å²) in [5.41, 5.74) is 1.92. The molecule has 0 fully saturated rings. The number of hydrogen-bond donors (Lipinski definition) is 1. The van der Waals surface area contributed by atoms with Crippen LogP contribution in [0.1, 0.15) is 11.1 Å². The maximum atomic E-state index is 12.1. The zero-order valence-corrected chi connectivity index (χ0v) is 13.4. The number of nitriles is 1. The van der Waals surface area contributed by atoms with Crippen LogP contribution in [0.3, 0.4) is 0 Å². The molecule has 0 spiro atoms. The van der Waals surface area contributed by atoms with Gasteiger partial charge < -0.3 is 14.8 Å². The van der Waals surface area contributed by atoms with Gasteiger partial charge in [-0.25, -0.2) is 0 Å². The van der Waals surface area contributed by atoms with Crippen LogP contribution >= 0.6 is 0 Å². The van der Waals surface area contributed by atoms with Crippen LogP contribution in [0.2, 0.25) is 0 Å². The summed E-state index contributed by atoms with van der Waals surface area (Å²) in [7, 11) is 0. The lowest BCUT2D eigenvalue weighted by Gasteiger charge is -2.05. The zero-order chi connectivity index (χ0) is 17.5. The molecule has 0 radical (unpaired) electrons. The largest absolute Gasteiger partial charge is 0.454 e. The molecule has 0 bridgehead atoms. The molecule has 0 aromatic heterocycles. The summed E-state index contributed by atoms with van der Waals surface area (Å²) in [5, 5.41) is 11.9. The van der Waals surface area contributed by atoms with E-state index in [1.54, 1.807) is 12.1 Å². The number of nitrogens with zero attached hydrogens (tertiary/aromatic N) is 1. The molecular formula is C20H16N2O3. The summed E-state index contributed by atoms with van der Waals surface area (Å²) < 4.78 is 10.5. The first-order valence-corrected chi connectivity index (χ1v) is 7.76. The number of fused-ring (bicyclic) bond motifs is 1. The molecule has 0 saturated carbocycles. The maximum Gasteiger partial charge on any atom is 0.262 e. The number of rotatable bonds is 5. The van der Waals surface area contributed by atoms with Crippen molar-refractivity contribution in [1.82, 2.24) is 5.32 Å². The van der Waals surface area contributed by atoms with E-state index in [4.69, 9.17) is 14.7 Å². The second-order valence-electron chi connectivity index (χ2n) is 5.33. The number of hydrogen-bond acceptors (Lipinski definition) is 4. The second-order valence-corrected chi connectivity index (χ2v) is 5.33. The van der Waals surface area contributed by atoms with Crippen LogP contribution in [0.15, 0.2) is 66.3 Å². The Kier molecular flexibility index (Phi) is 5.13. The van der Waals surface area contributed by atoms with Gasteiger partial charge in [0, 0.05) is 6.54 Å². The number of carbonyl (C=O) groups is 1. The molecule has 2 aromatic rings. The average molecular weight is 332 g/mol. The fourth-order valence-electron chi connectivity index (χ4n) is 2.31. The van der Waals surface area contributed by atoms with Crippen LogP contribution in [0.25, 0.3) is 6.08 Å². The fourth-order valence-corrected chi connectivity index (χ4v) is 2.31. The molecule has 5 nitrogen and oxygen atoms in total. The van der Waals surface area contributed by atoms with Gasteiger partial charge in [0.15, 0.2) is 11.5 Å². The van der Waals surface area contributed by atoms with Crippen molar-refractivity contribution in [1.29, 1.82) is 5.26 Å². The third-order valence-corrected chi connectivity index (χ3v) is 3.61. The Morgan fingerprint density at radius 2 is 1.96 bits per heavy atom. The zero-order valence-electron chi connectivity index (χ0n) is 13.4. The highest BCUT2D eigenvalue weighted by Crippen LogP contribution is 2.32. The van der Waals surface area contributed by atoms with E-state index in [-0.39, 0.29) is 12.4 Å². The van der Waals surface area contributed by atoms with Crippen molar-refractivity contribution in [3.8, 4) is 17.6 Å². The first-order valence-electron chi connectivity index (χ1n) is 7.76. The quantitative estimate of drug-likeness (QED) is 0.518. The van der Waals surface area contributed by atoms with E-state index in [1.165, 1.54) is 6.08 Å². The van der Waals surface area contributed by atoms with Gasteiger partial charge >= 0.3 is 0 Å². The van der Waals surface area contributed by atoms with Crippen LogP contribution < -0.4 is 14.8 Å². The van der Waals surface area contributed by atoms with Gasteiger partial charge in [-0.05, 0) is 29.3 Å². The molecule has 2 aromatic carbocycles. The second kappa shape index (κ2) is 7.84. The van der Waals surface area contributed by atoms with Gasteiger partial charge in [0.2, 0.25) is 6.79 Å². The van der Waals surface area contributed by atoms with Gasteiger partial charge in [0.25, 0.3) is 5.91 Å². The van der Waals surface area contributed by atoms with E-state index >= 15 is 0 Å². The molecule has 3 rings (SSSR count). The summed E-state index contributed by atoms with van der Waals surface area (Å²) in [6, 6.07) is 17.0. The minimum atomic E-state index is -0.419. The first kappa shape index (κ1) is 16.3. The summed E-state index contributed by atoms with van der Waals surface area (Å²) >= 11 is 0. The Morgan fingerprint density at radius 1 is 1.16 bits per heavy atom. The van der Waals surface area contributed by atoms with Crippen LogP contribution in [-0.2, 0) is 11.3 Å². The van der Waals surface area contributed by atoms with Crippen molar-refractivity contribution in [2.75, 3.05) is 6.79 Å². The molecule has 0 aliphatic carbocycles. The van der Waals surface area contributed by atoms with Crippen molar-refractivity contribution >= 4 is 12.0 Å². The normalized spacial score (nSPS) is 12.8.